The van der Waals surface area contributed by atoms with Crippen molar-refractivity contribution < 1.29 is 23.5 Å². The fourth-order valence-corrected chi connectivity index (χ4v) is 2.87. The van der Waals surface area contributed by atoms with Crippen LogP contribution in [0.5, 0.6) is 0 Å². The van der Waals surface area contributed by atoms with Crippen molar-refractivity contribution in [1.82, 2.24) is 10.3 Å². The number of aromatic carboxylic acids is 1. The van der Waals surface area contributed by atoms with E-state index in [-0.39, 0.29) is 16.0 Å². The van der Waals surface area contributed by atoms with Crippen molar-refractivity contribution in [3.63, 3.8) is 0 Å². The third-order valence-corrected chi connectivity index (χ3v) is 4.45. The maximum absolute atomic E-state index is 12.7. The molecule has 0 saturated carbocycles. The zero-order chi connectivity index (χ0) is 17.1. The fourth-order valence-electron chi connectivity index (χ4n) is 1.96. The summed E-state index contributed by atoms with van der Waals surface area (Å²) in [5, 5.41) is 12.1. The summed E-state index contributed by atoms with van der Waals surface area (Å²) in [4.78, 5) is 27.4. The van der Waals surface area contributed by atoms with Gasteiger partial charge in [0.05, 0.1) is 11.7 Å². The van der Waals surface area contributed by atoms with Gasteiger partial charge in [-0.05, 0) is 26.0 Å². The van der Waals surface area contributed by atoms with Crippen LogP contribution in [0.3, 0.4) is 0 Å². The molecule has 0 bridgehead atoms. The minimum atomic E-state index is -2.65. The molecule has 0 aliphatic rings. The smallest absolute Gasteiger partial charge is 0.347 e. The van der Waals surface area contributed by atoms with E-state index in [0.717, 1.165) is 17.4 Å². The molecule has 2 rings (SSSR count). The van der Waals surface area contributed by atoms with Gasteiger partial charge in [0.25, 0.3) is 12.3 Å². The highest BCUT2D eigenvalue weighted by molar-refractivity contribution is 7.13. The van der Waals surface area contributed by atoms with E-state index in [0.29, 0.717) is 10.7 Å². The van der Waals surface area contributed by atoms with Crippen molar-refractivity contribution in [1.29, 1.82) is 0 Å². The number of thiazole rings is 1. The molecule has 0 fully saturated rings. The van der Waals surface area contributed by atoms with Gasteiger partial charge in [0, 0.05) is 11.1 Å². The Morgan fingerprint density at radius 3 is 2.61 bits per heavy atom. The predicted molar refractivity (Wildman–Crippen MR) is 81.1 cm³/mol. The Morgan fingerprint density at radius 2 is 2.04 bits per heavy atom. The average molecular weight is 340 g/mol. The van der Waals surface area contributed by atoms with Gasteiger partial charge in [-0.2, -0.15) is 0 Å². The second-order valence-corrected chi connectivity index (χ2v) is 5.92. The Morgan fingerprint density at radius 1 is 1.35 bits per heavy atom. The molecule has 0 aliphatic carbocycles. The topological polar surface area (TPSA) is 79.3 Å². The summed E-state index contributed by atoms with van der Waals surface area (Å²) in [6.07, 6.45) is -2.65. The Bertz CT molecular complexity index is 746. The lowest BCUT2D eigenvalue weighted by molar-refractivity contribution is 0.0700. The van der Waals surface area contributed by atoms with Crippen LogP contribution in [0.15, 0.2) is 24.3 Å². The van der Waals surface area contributed by atoms with E-state index in [9.17, 15) is 18.4 Å². The minimum absolute atomic E-state index is 0.112. The Balaban J connectivity index is 2.15. The van der Waals surface area contributed by atoms with Gasteiger partial charge < -0.3 is 10.4 Å². The summed E-state index contributed by atoms with van der Waals surface area (Å²) in [7, 11) is 0. The van der Waals surface area contributed by atoms with Gasteiger partial charge in [-0.1, -0.05) is 12.1 Å². The van der Waals surface area contributed by atoms with Crippen LogP contribution in [0.1, 0.15) is 55.7 Å². The molecule has 23 heavy (non-hydrogen) atoms. The summed E-state index contributed by atoms with van der Waals surface area (Å²) in [6, 6.07) is 4.66. The van der Waals surface area contributed by atoms with E-state index >= 15 is 0 Å². The molecular weight excluding hydrogens is 326 g/mol. The molecule has 1 aromatic carbocycles. The van der Waals surface area contributed by atoms with E-state index in [2.05, 4.69) is 10.3 Å². The van der Waals surface area contributed by atoms with Gasteiger partial charge in [-0.3, -0.25) is 4.79 Å². The molecule has 0 saturated heterocycles. The number of hydrogen-bond donors (Lipinski definition) is 2. The van der Waals surface area contributed by atoms with Crippen LogP contribution in [0, 0.1) is 6.92 Å². The van der Waals surface area contributed by atoms with Crippen LogP contribution in [0.25, 0.3) is 0 Å². The number of carbonyl (C=O) groups excluding carboxylic acids is 1. The summed E-state index contributed by atoms with van der Waals surface area (Å²) >= 11 is 0.976. The zero-order valence-corrected chi connectivity index (χ0v) is 13.2. The van der Waals surface area contributed by atoms with E-state index in [4.69, 9.17) is 5.11 Å². The minimum Gasteiger partial charge on any atom is -0.477 e. The van der Waals surface area contributed by atoms with Gasteiger partial charge in [0.1, 0.15) is 9.88 Å². The van der Waals surface area contributed by atoms with Gasteiger partial charge in [0.15, 0.2) is 0 Å². The highest BCUT2D eigenvalue weighted by Gasteiger charge is 2.20. The maximum atomic E-state index is 12.7. The monoisotopic (exact) mass is 340 g/mol. The van der Waals surface area contributed by atoms with Crippen LogP contribution in [0.2, 0.25) is 0 Å². The number of nitrogens with one attached hydrogen (secondary N) is 1. The largest absolute Gasteiger partial charge is 0.477 e. The first-order valence-corrected chi connectivity index (χ1v) is 7.50. The summed E-state index contributed by atoms with van der Waals surface area (Å²) in [5.74, 6) is -1.60. The number of amides is 1. The van der Waals surface area contributed by atoms with Gasteiger partial charge >= 0.3 is 5.97 Å². The van der Waals surface area contributed by atoms with Gasteiger partial charge in [-0.15, -0.1) is 11.3 Å². The first-order valence-electron chi connectivity index (χ1n) is 6.69. The fraction of sp³-hybridized carbons (Fsp3) is 0.267. The lowest BCUT2D eigenvalue weighted by Crippen LogP contribution is -2.26. The number of hydrogen-bond acceptors (Lipinski definition) is 4. The van der Waals surface area contributed by atoms with Crippen molar-refractivity contribution in [2.75, 3.05) is 0 Å². The quantitative estimate of drug-likeness (QED) is 0.872. The molecule has 2 aromatic rings. The molecule has 1 unspecified atom stereocenters. The SMILES string of the molecule is Cc1nc(C(C)NC(=O)c2cccc(C(F)F)c2)sc1C(=O)O. The van der Waals surface area contributed by atoms with E-state index < -0.39 is 24.3 Å². The molecule has 0 aliphatic heterocycles. The van der Waals surface area contributed by atoms with E-state index in [1.54, 1.807) is 13.8 Å². The van der Waals surface area contributed by atoms with Crippen LogP contribution in [0.4, 0.5) is 8.78 Å². The van der Waals surface area contributed by atoms with Crippen molar-refractivity contribution in [3.05, 3.63) is 51.0 Å². The predicted octanol–water partition coefficient (Wildman–Crippen LogP) is 3.58. The molecule has 0 spiro atoms. The molecule has 2 N–H and O–H groups in total. The highest BCUT2D eigenvalue weighted by Crippen LogP contribution is 2.24. The third kappa shape index (κ3) is 3.89. The number of alkyl halides is 2. The van der Waals surface area contributed by atoms with Crippen LogP contribution >= 0.6 is 11.3 Å². The lowest BCUT2D eigenvalue weighted by atomic mass is 10.1. The molecule has 8 heteroatoms. The number of aromatic nitrogens is 1. The molecule has 1 heterocycles. The molecule has 1 aromatic heterocycles. The van der Waals surface area contributed by atoms with Crippen molar-refractivity contribution in [2.45, 2.75) is 26.3 Å². The molecule has 1 atom stereocenters. The van der Waals surface area contributed by atoms with Crippen LogP contribution < -0.4 is 5.32 Å². The summed E-state index contributed by atoms with van der Waals surface area (Å²) in [5.41, 5.74) is 0.253. The number of carboxylic acid groups (broad SMARTS) is 1. The normalized spacial score (nSPS) is 12.2. The Hall–Kier alpha value is -2.35. The molecule has 0 radical (unpaired) electrons. The first-order chi connectivity index (χ1) is 10.8. The molecule has 122 valence electrons. The Kier molecular flexibility index (Phi) is 5.05. The number of nitrogens with zero attached hydrogens (tertiary/aromatic N) is 1. The zero-order valence-electron chi connectivity index (χ0n) is 12.3. The second-order valence-electron chi connectivity index (χ2n) is 4.89. The number of benzene rings is 1. The first kappa shape index (κ1) is 17.0. The number of halogens is 2. The van der Waals surface area contributed by atoms with Crippen molar-refractivity contribution in [3.8, 4) is 0 Å². The molecular formula is C15H14F2N2O3S. The molecule has 5 nitrogen and oxygen atoms in total. The van der Waals surface area contributed by atoms with Crippen molar-refractivity contribution >= 4 is 23.2 Å². The molecule has 1 amide bonds. The third-order valence-electron chi connectivity index (χ3n) is 3.13. The van der Waals surface area contributed by atoms with Crippen LogP contribution in [-0.2, 0) is 0 Å². The van der Waals surface area contributed by atoms with Crippen molar-refractivity contribution in [2.24, 2.45) is 0 Å². The number of carboxylic acids is 1. The highest BCUT2D eigenvalue weighted by atomic mass is 32.1. The lowest BCUT2D eigenvalue weighted by Gasteiger charge is -2.12. The summed E-state index contributed by atoms with van der Waals surface area (Å²) in [6.45, 7) is 3.23. The maximum Gasteiger partial charge on any atom is 0.347 e. The standard InChI is InChI=1S/C15H14F2N2O3S/c1-7-11(15(21)22)23-14(19-7)8(2)18-13(20)10-5-3-4-9(6-10)12(16)17/h3-6,8,12H,1-2H3,(H,18,20)(H,21,22). The second kappa shape index (κ2) is 6.82. The van der Waals surface area contributed by atoms with Gasteiger partial charge in [-0.25, -0.2) is 18.6 Å². The summed E-state index contributed by atoms with van der Waals surface area (Å²) < 4.78 is 25.3. The number of rotatable bonds is 5. The Labute approximate surface area is 135 Å². The van der Waals surface area contributed by atoms with E-state index in [1.807, 2.05) is 0 Å². The van der Waals surface area contributed by atoms with Gasteiger partial charge in [0.2, 0.25) is 0 Å². The number of aryl methyl sites for hydroxylation is 1. The van der Waals surface area contributed by atoms with E-state index in [1.165, 1.54) is 18.2 Å². The average Bonchev–Trinajstić information content (AvgIpc) is 2.89. The number of carbonyl (C=O) groups is 2. The van der Waals surface area contributed by atoms with Crippen LogP contribution in [-0.4, -0.2) is 22.0 Å².